The fourth-order valence-corrected chi connectivity index (χ4v) is 3.32. The Morgan fingerprint density at radius 1 is 1.28 bits per heavy atom. The summed E-state index contributed by atoms with van der Waals surface area (Å²) >= 11 is 0. The molecule has 0 saturated carbocycles. The zero-order valence-corrected chi connectivity index (χ0v) is 14.6. The molecule has 0 radical (unpaired) electrons. The largest absolute Gasteiger partial charge is 0.493 e. The van der Waals surface area contributed by atoms with E-state index in [2.05, 4.69) is 0 Å². The highest BCUT2D eigenvalue weighted by atomic mass is 16.7. The zero-order valence-electron chi connectivity index (χ0n) is 14.6. The molecule has 0 spiro atoms. The van der Waals surface area contributed by atoms with Crippen molar-refractivity contribution in [1.82, 2.24) is 4.90 Å². The molecule has 6 heteroatoms. The molecule has 1 amide bonds. The summed E-state index contributed by atoms with van der Waals surface area (Å²) in [4.78, 5) is 12.6. The molecule has 0 bridgehead atoms. The number of unbranched alkanes of at least 4 members (excludes halogenated alkanes) is 1. The van der Waals surface area contributed by atoms with Gasteiger partial charge in [-0.1, -0.05) is 12.1 Å². The summed E-state index contributed by atoms with van der Waals surface area (Å²) in [5.41, 5.74) is 2.19. The van der Waals surface area contributed by atoms with Crippen molar-refractivity contribution in [1.29, 1.82) is 0 Å². The fraction of sp³-hybridized carbons (Fsp3) is 0.632. The molecule has 25 heavy (non-hydrogen) atoms. The molecule has 1 unspecified atom stereocenters. The lowest BCUT2D eigenvalue weighted by Gasteiger charge is -2.27. The summed E-state index contributed by atoms with van der Waals surface area (Å²) in [6.45, 7) is 3.13. The second kappa shape index (κ2) is 9.06. The molecule has 1 aromatic carbocycles. The van der Waals surface area contributed by atoms with E-state index in [1.54, 1.807) is 0 Å². The van der Waals surface area contributed by atoms with Crippen molar-refractivity contribution in [2.75, 3.05) is 26.4 Å². The van der Waals surface area contributed by atoms with Gasteiger partial charge in [0, 0.05) is 31.9 Å². The molecule has 1 saturated heterocycles. The number of carbonyl (C=O) groups is 1. The number of rotatable bonds is 7. The second-order valence-corrected chi connectivity index (χ2v) is 6.57. The molecule has 2 aliphatic rings. The third-order valence-electron chi connectivity index (χ3n) is 4.73. The van der Waals surface area contributed by atoms with E-state index in [1.165, 1.54) is 11.3 Å². The Morgan fingerprint density at radius 2 is 2.16 bits per heavy atom. The van der Waals surface area contributed by atoms with Gasteiger partial charge < -0.3 is 24.2 Å². The van der Waals surface area contributed by atoms with E-state index in [4.69, 9.17) is 19.3 Å². The van der Waals surface area contributed by atoms with Crippen molar-refractivity contribution >= 4 is 6.09 Å². The van der Waals surface area contributed by atoms with Crippen LogP contribution >= 0.6 is 0 Å². The summed E-state index contributed by atoms with van der Waals surface area (Å²) in [5, 5.41) is 9.13. The molecular formula is C19H27NO5. The summed E-state index contributed by atoms with van der Waals surface area (Å²) < 4.78 is 17.2. The first-order chi connectivity index (χ1) is 12.2. The van der Waals surface area contributed by atoms with Crippen LogP contribution in [-0.4, -0.2) is 48.8 Å². The average Bonchev–Trinajstić information content (AvgIpc) is 2.65. The maximum atomic E-state index is 11.1. The molecule has 1 N–H and O–H groups in total. The molecule has 1 aromatic rings. The van der Waals surface area contributed by atoms with Crippen molar-refractivity contribution in [2.24, 2.45) is 0 Å². The van der Waals surface area contributed by atoms with Crippen molar-refractivity contribution in [3.63, 3.8) is 0 Å². The summed E-state index contributed by atoms with van der Waals surface area (Å²) in [7, 11) is 0. The van der Waals surface area contributed by atoms with Crippen LogP contribution in [0.15, 0.2) is 18.2 Å². The molecule has 138 valence electrons. The van der Waals surface area contributed by atoms with Gasteiger partial charge in [0.15, 0.2) is 6.29 Å². The van der Waals surface area contributed by atoms with Crippen LogP contribution in [0.2, 0.25) is 0 Å². The van der Waals surface area contributed by atoms with Gasteiger partial charge in [-0.05, 0) is 50.2 Å². The number of fused-ring (bicyclic) bond motifs is 1. The minimum atomic E-state index is -0.862. The van der Waals surface area contributed by atoms with E-state index in [9.17, 15) is 4.79 Å². The van der Waals surface area contributed by atoms with E-state index in [1.807, 2.05) is 18.2 Å². The zero-order chi connectivity index (χ0) is 17.5. The van der Waals surface area contributed by atoms with Crippen molar-refractivity contribution in [3.05, 3.63) is 29.3 Å². The summed E-state index contributed by atoms with van der Waals surface area (Å²) in [6, 6.07) is 5.89. The molecule has 2 aliphatic heterocycles. The second-order valence-electron chi connectivity index (χ2n) is 6.57. The SMILES string of the molecule is O=C(O)N1CCc2c(cccc2OCCCCOC2CCCCO2)C1. The summed E-state index contributed by atoms with van der Waals surface area (Å²) in [6.07, 6.45) is 5.03. The lowest BCUT2D eigenvalue weighted by molar-refractivity contribution is -0.162. The minimum absolute atomic E-state index is 0.0204. The Labute approximate surface area is 148 Å². The maximum Gasteiger partial charge on any atom is 0.407 e. The van der Waals surface area contributed by atoms with Crippen LogP contribution in [-0.2, 0) is 22.4 Å². The van der Waals surface area contributed by atoms with Crippen LogP contribution in [0.3, 0.4) is 0 Å². The normalized spacial score (nSPS) is 20.2. The number of nitrogens with zero attached hydrogens (tertiary/aromatic N) is 1. The molecule has 1 fully saturated rings. The van der Waals surface area contributed by atoms with E-state index in [0.717, 1.165) is 49.2 Å². The molecule has 1 atom stereocenters. The monoisotopic (exact) mass is 349 g/mol. The third kappa shape index (κ3) is 5.09. The van der Waals surface area contributed by atoms with Crippen LogP contribution in [0.1, 0.15) is 43.2 Å². The van der Waals surface area contributed by atoms with Gasteiger partial charge >= 0.3 is 6.09 Å². The first kappa shape index (κ1) is 18.0. The lowest BCUT2D eigenvalue weighted by Crippen LogP contribution is -2.34. The van der Waals surface area contributed by atoms with Gasteiger partial charge in [-0.15, -0.1) is 0 Å². The highest BCUT2D eigenvalue weighted by Crippen LogP contribution is 2.28. The first-order valence-electron chi connectivity index (χ1n) is 9.18. The Kier molecular flexibility index (Phi) is 6.53. The van der Waals surface area contributed by atoms with E-state index < -0.39 is 6.09 Å². The number of hydrogen-bond acceptors (Lipinski definition) is 4. The van der Waals surface area contributed by atoms with Gasteiger partial charge in [-0.25, -0.2) is 4.79 Å². The average molecular weight is 349 g/mol. The number of benzene rings is 1. The lowest BCUT2D eigenvalue weighted by atomic mass is 9.99. The third-order valence-corrected chi connectivity index (χ3v) is 4.73. The first-order valence-corrected chi connectivity index (χ1v) is 9.18. The van der Waals surface area contributed by atoms with E-state index in [0.29, 0.717) is 32.7 Å². The highest BCUT2D eigenvalue weighted by Gasteiger charge is 2.22. The molecule has 0 aliphatic carbocycles. The molecule has 2 heterocycles. The Balaban J connectivity index is 1.39. The minimum Gasteiger partial charge on any atom is -0.493 e. The van der Waals surface area contributed by atoms with Crippen LogP contribution in [0.25, 0.3) is 0 Å². The van der Waals surface area contributed by atoms with Crippen LogP contribution < -0.4 is 4.74 Å². The smallest absolute Gasteiger partial charge is 0.407 e. The maximum absolute atomic E-state index is 11.1. The van der Waals surface area contributed by atoms with E-state index >= 15 is 0 Å². The van der Waals surface area contributed by atoms with E-state index in [-0.39, 0.29) is 6.29 Å². The number of ether oxygens (including phenoxy) is 3. The van der Waals surface area contributed by atoms with Crippen LogP contribution in [0, 0.1) is 0 Å². The van der Waals surface area contributed by atoms with Crippen molar-refractivity contribution in [2.45, 2.75) is 51.4 Å². The summed E-state index contributed by atoms with van der Waals surface area (Å²) in [5.74, 6) is 0.888. The predicted molar refractivity (Wildman–Crippen MR) is 92.9 cm³/mol. The topological polar surface area (TPSA) is 68.2 Å². The van der Waals surface area contributed by atoms with Crippen LogP contribution in [0.5, 0.6) is 5.75 Å². The predicted octanol–water partition coefficient (Wildman–Crippen LogP) is 3.42. The van der Waals surface area contributed by atoms with Gasteiger partial charge in [-0.3, -0.25) is 0 Å². The Bertz CT molecular complexity index is 571. The molecular weight excluding hydrogens is 322 g/mol. The quantitative estimate of drug-likeness (QED) is 0.764. The standard InChI is InChI=1S/C19H27NO5/c21-19(22)20-10-9-16-15(14-20)6-5-7-17(16)23-11-3-4-13-25-18-8-1-2-12-24-18/h5-7,18H,1-4,8-14H2,(H,21,22). The van der Waals surface area contributed by atoms with Gasteiger partial charge in [0.1, 0.15) is 5.75 Å². The highest BCUT2D eigenvalue weighted by molar-refractivity contribution is 5.65. The van der Waals surface area contributed by atoms with Gasteiger partial charge in [0.05, 0.1) is 6.61 Å². The van der Waals surface area contributed by atoms with Gasteiger partial charge in [0.25, 0.3) is 0 Å². The van der Waals surface area contributed by atoms with Gasteiger partial charge in [-0.2, -0.15) is 0 Å². The molecule has 3 rings (SSSR count). The van der Waals surface area contributed by atoms with Crippen LogP contribution in [0.4, 0.5) is 4.79 Å². The van der Waals surface area contributed by atoms with Crippen molar-refractivity contribution in [3.8, 4) is 5.75 Å². The molecule has 6 nitrogen and oxygen atoms in total. The number of hydrogen-bond donors (Lipinski definition) is 1. The fourth-order valence-electron chi connectivity index (χ4n) is 3.32. The number of carboxylic acid groups (broad SMARTS) is 1. The van der Waals surface area contributed by atoms with Gasteiger partial charge in [0.2, 0.25) is 0 Å². The number of amides is 1. The van der Waals surface area contributed by atoms with Crippen molar-refractivity contribution < 1.29 is 24.1 Å². The molecule has 0 aromatic heterocycles. The Hall–Kier alpha value is -1.79. The Morgan fingerprint density at radius 3 is 2.96 bits per heavy atom.